The number of hydrogen-bond donors (Lipinski definition) is 2. The molecule has 1 fully saturated rings. The summed E-state index contributed by atoms with van der Waals surface area (Å²) >= 11 is 0. The number of likely N-dealkylation sites (tertiary alicyclic amines) is 1. The Kier molecular flexibility index (Phi) is 5.74. The maximum absolute atomic E-state index is 12.5. The van der Waals surface area contributed by atoms with Crippen LogP contribution in [0.1, 0.15) is 30.1 Å². The lowest BCUT2D eigenvalue weighted by Gasteiger charge is -2.37. The number of amides is 1. The number of rotatable bonds is 2. The van der Waals surface area contributed by atoms with Gasteiger partial charge in [-0.1, -0.05) is 6.92 Å². The number of halogens is 1. The van der Waals surface area contributed by atoms with Crippen LogP contribution in [0.25, 0.3) is 0 Å². The summed E-state index contributed by atoms with van der Waals surface area (Å²) in [6.45, 7) is 3.09. The van der Waals surface area contributed by atoms with E-state index in [1.54, 1.807) is 4.90 Å². The van der Waals surface area contributed by atoms with Crippen molar-refractivity contribution in [3.8, 4) is 0 Å². The lowest BCUT2D eigenvalue weighted by atomic mass is 9.92. The van der Waals surface area contributed by atoms with Gasteiger partial charge in [-0.2, -0.15) is 0 Å². The quantitative estimate of drug-likeness (QED) is 0.781. The summed E-state index contributed by atoms with van der Waals surface area (Å²) in [4.78, 5) is 39.9. The smallest absolute Gasteiger partial charge is 0.328 e. The predicted molar refractivity (Wildman–Crippen MR) is 81.8 cm³/mol. The highest BCUT2D eigenvalue weighted by Gasteiger charge is 2.31. The topological polar surface area (TPSA) is 101 Å². The van der Waals surface area contributed by atoms with Gasteiger partial charge in [0.05, 0.1) is 0 Å². The van der Waals surface area contributed by atoms with E-state index < -0.39 is 11.2 Å². The van der Waals surface area contributed by atoms with Gasteiger partial charge in [0, 0.05) is 32.4 Å². The van der Waals surface area contributed by atoms with Gasteiger partial charge in [-0.25, -0.2) is 4.79 Å². The number of nitrogens with two attached hydrogens (primary N) is 1. The molecule has 0 radical (unpaired) electrons. The van der Waals surface area contributed by atoms with Gasteiger partial charge in [-0.15, -0.1) is 12.4 Å². The van der Waals surface area contributed by atoms with E-state index in [9.17, 15) is 14.4 Å². The summed E-state index contributed by atoms with van der Waals surface area (Å²) < 4.78 is 0.900. The third-order valence-corrected chi connectivity index (χ3v) is 3.92. The van der Waals surface area contributed by atoms with Crippen LogP contribution in [0.2, 0.25) is 0 Å². The minimum atomic E-state index is -0.576. The average Bonchev–Trinajstić information content (AvgIpc) is 2.44. The molecule has 7 nitrogen and oxygen atoms in total. The zero-order chi connectivity index (χ0) is 14.9. The molecule has 1 aliphatic heterocycles. The number of nitrogens with zero attached hydrogens (tertiary/aromatic N) is 2. The zero-order valence-electron chi connectivity index (χ0n) is 12.2. The zero-order valence-corrected chi connectivity index (χ0v) is 13.0. The van der Waals surface area contributed by atoms with E-state index in [4.69, 9.17) is 5.73 Å². The van der Waals surface area contributed by atoms with Crippen LogP contribution in [-0.4, -0.2) is 39.5 Å². The first-order chi connectivity index (χ1) is 9.45. The molecule has 2 rings (SSSR count). The Morgan fingerprint density at radius 3 is 2.76 bits per heavy atom. The monoisotopic (exact) mass is 316 g/mol. The molecule has 1 saturated heterocycles. The van der Waals surface area contributed by atoms with Gasteiger partial charge in [-0.3, -0.25) is 14.2 Å². The van der Waals surface area contributed by atoms with E-state index in [1.807, 2.05) is 0 Å². The highest BCUT2D eigenvalue weighted by molar-refractivity contribution is 5.93. The molecule has 1 aromatic rings. The van der Waals surface area contributed by atoms with E-state index in [-0.39, 0.29) is 29.9 Å². The van der Waals surface area contributed by atoms with Crippen molar-refractivity contribution >= 4 is 18.3 Å². The van der Waals surface area contributed by atoms with E-state index in [0.717, 1.165) is 17.4 Å². The van der Waals surface area contributed by atoms with Crippen LogP contribution in [0.4, 0.5) is 0 Å². The summed E-state index contributed by atoms with van der Waals surface area (Å²) in [5.74, 6) is 0.162. The molecule has 0 saturated carbocycles. The van der Waals surface area contributed by atoms with Gasteiger partial charge in [0.25, 0.3) is 11.5 Å². The van der Waals surface area contributed by atoms with Crippen LogP contribution in [0.15, 0.2) is 15.8 Å². The molecule has 0 aliphatic carbocycles. The molecule has 8 heteroatoms. The second-order valence-corrected chi connectivity index (χ2v) is 5.39. The summed E-state index contributed by atoms with van der Waals surface area (Å²) in [6, 6.07) is -0.0529. The molecule has 1 aliphatic rings. The van der Waals surface area contributed by atoms with Crippen molar-refractivity contribution in [3.05, 3.63) is 32.6 Å². The molecule has 0 bridgehead atoms. The highest BCUT2D eigenvalue weighted by atomic mass is 35.5. The predicted octanol–water partition coefficient (Wildman–Crippen LogP) is -0.305. The molecule has 118 valence electrons. The number of nitrogens with one attached hydrogen (secondary N) is 1. The third kappa shape index (κ3) is 3.36. The molecule has 2 heterocycles. The van der Waals surface area contributed by atoms with Crippen molar-refractivity contribution in [1.82, 2.24) is 14.5 Å². The van der Waals surface area contributed by atoms with Crippen LogP contribution in [0.5, 0.6) is 0 Å². The van der Waals surface area contributed by atoms with E-state index >= 15 is 0 Å². The summed E-state index contributed by atoms with van der Waals surface area (Å²) in [5.41, 5.74) is 4.61. The van der Waals surface area contributed by atoms with Gasteiger partial charge in [0.15, 0.2) is 0 Å². The molecule has 0 spiro atoms. The second kappa shape index (κ2) is 6.91. The van der Waals surface area contributed by atoms with Gasteiger partial charge in [-0.05, 0) is 18.8 Å². The van der Waals surface area contributed by atoms with Gasteiger partial charge < -0.3 is 15.6 Å². The number of hydrogen-bond acceptors (Lipinski definition) is 4. The Morgan fingerprint density at radius 2 is 2.14 bits per heavy atom. The van der Waals surface area contributed by atoms with Crippen molar-refractivity contribution in [2.45, 2.75) is 25.8 Å². The normalized spacial score (nSPS) is 21.8. The Morgan fingerprint density at radius 1 is 1.48 bits per heavy atom. The molecule has 2 atom stereocenters. The third-order valence-electron chi connectivity index (χ3n) is 3.92. The van der Waals surface area contributed by atoms with Crippen LogP contribution in [0.3, 0.4) is 0 Å². The Bertz CT molecular complexity index is 625. The number of carbonyl (C=O) groups is 1. The van der Waals surface area contributed by atoms with Gasteiger partial charge >= 0.3 is 5.69 Å². The van der Waals surface area contributed by atoms with Crippen molar-refractivity contribution in [3.63, 3.8) is 0 Å². The SMILES string of the molecule is CC1CCN(C(=O)c2c[nH]c(=O)n(C)c2=O)C(CN)C1.Cl. The molecule has 0 aromatic carbocycles. The molecular formula is C13H21ClN4O3. The molecule has 1 aromatic heterocycles. The molecule has 1 amide bonds. The number of piperidine rings is 1. The standard InChI is InChI=1S/C13H20N4O3.ClH/c1-8-3-4-17(9(5-8)6-14)12(19)10-7-15-13(20)16(2)11(10)18;/h7-9H,3-6,14H2,1-2H3,(H,15,20);1H. The van der Waals surface area contributed by atoms with Crippen molar-refractivity contribution in [2.24, 2.45) is 18.7 Å². The van der Waals surface area contributed by atoms with E-state index in [1.165, 1.54) is 13.2 Å². The number of aromatic nitrogens is 2. The first kappa shape index (κ1) is 17.5. The lowest BCUT2D eigenvalue weighted by molar-refractivity contribution is 0.0570. The first-order valence-corrected chi connectivity index (χ1v) is 6.75. The fraction of sp³-hybridized carbons (Fsp3) is 0.615. The van der Waals surface area contributed by atoms with Crippen LogP contribution in [0, 0.1) is 5.92 Å². The van der Waals surface area contributed by atoms with E-state index in [2.05, 4.69) is 11.9 Å². The maximum Gasteiger partial charge on any atom is 0.328 e. The van der Waals surface area contributed by atoms with Crippen molar-refractivity contribution < 1.29 is 4.79 Å². The number of carbonyl (C=O) groups excluding carboxylic acids is 1. The lowest BCUT2D eigenvalue weighted by Crippen LogP contribution is -2.51. The Balaban J connectivity index is 0.00000220. The van der Waals surface area contributed by atoms with Crippen LogP contribution < -0.4 is 17.0 Å². The fourth-order valence-corrected chi connectivity index (χ4v) is 2.62. The number of H-pyrrole nitrogens is 1. The fourth-order valence-electron chi connectivity index (χ4n) is 2.62. The average molecular weight is 317 g/mol. The summed E-state index contributed by atoms with van der Waals surface area (Å²) in [5, 5.41) is 0. The van der Waals surface area contributed by atoms with Gasteiger partial charge in [0.2, 0.25) is 0 Å². The molecule has 3 N–H and O–H groups in total. The minimum Gasteiger partial charge on any atom is -0.334 e. The van der Waals surface area contributed by atoms with Gasteiger partial charge in [0.1, 0.15) is 5.56 Å². The summed E-state index contributed by atoms with van der Waals surface area (Å²) in [7, 11) is 1.34. The van der Waals surface area contributed by atoms with Crippen molar-refractivity contribution in [1.29, 1.82) is 0 Å². The van der Waals surface area contributed by atoms with Crippen LogP contribution >= 0.6 is 12.4 Å². The minimum absolute atomic E-state index is 0. The molecular weight excluding hydrogens is 296 g/mol. The first-order valence-electron chi connectivity index (χ1n) is 6.75. The maximum atomic E-state index is 12.5. The summed E-state index contributed by atoms with van der Waals surface area (Å²) in [6.07, 6.45) is 2.93. The number of aromatic amines is 1. The highest BCUT2D eigenvalue weighted by Crippen LogP contribution is 2.22. The Hall–Kier alpha value is -1.60. The molecule has 2 unspecified atom stereocenters. The molecule has 21 heavy (non-hydrogen) atoms. The second-order valence-electron chi connectivity index (χ2n) is 5.39. The van der Waals surface area contributed by atoms with Crippen molar-refractivity contribution in [2.75, 3.05) is 13.1 Å². The largest absolute Gasteiger partial charge is 0.334 e. The van der Waals surface area contributed by atoms with Crippen LogP contribution in [-0.2, 0) is 7.05 Å². The van der Waals surface area contributed by atoms with E-state index in [0.29, 0.717) is 19.0 Å². The Labute approximate surface area is 128 Å².